The topological polar surface area (TPSA) is 85.7 Å². The molecule has 1 saturated carbocycles. The highest BCUT2D eigenvalue weighted by Crippen LogP contribution is 2.49. The summed E-state index contributed by atoms with van der Waals surface area (Å²) in [5.74, 6) is -4.87. The van der Waals surface area contributed by atoms with Crippen molar-refractivity contribution < 1.29 is 31.5 Å². The van der Waals surface area contributed by atoms with E-state index in [2.05, 4.69) is 16.3 Å². The zero-order valence-electron chi connectivity index (χ0n) is 19.0. The molecule has 36 heavy (non-hydrogen) atoms. The molecule has 2 heterocycles. The fourth-order valence-electron chi connectivity index (χ4n) is 3.71. The Bertz CT molecular complexity index is 1360. The molecule has 13 heteroatoms. The number of rotatable bonds is 8. The molecular formula is C23H19ClF5N5O2. The van der Waals surface area contributed by atoms with Crippen LogP contribution in [0.3, 0.4) is 0 Å². The van der Waals surface area contributed by atoms with Gasteiger partial charge in [-0.3, -0.25) is 4.79 Å². The zero-order chi connectivity index (χ0) is 26.5. The first-order valence-corrected chi connectivity index (χ1v) is 11.0. The second kappa shape index (κ2) is 8.89. The molecule has 1 aliphatic carbocycles. The van der Waals surface area contributed by atoms with Crippen LogP contribution in [0.15, 0.2) is 30.6 Å². The highest BCUT2D eigenvalue weighted by molar-refractivity contribution is 6.34. The lowest BCUT2D eigenvalue weighted by atomic mass is 9.95. The number of hydrogen-bond acceptors (Lipinski definition) is 5. The van der Waals surface area contributed by atoms with E-state index in [1.54, 1.807) is 6.07 Å². The van der Waals surface area contributed by atoms with Gasteiger partial charge in [-0.1, -0.05) is 17.7 Å². The third kappa shape index (κ3) is 5.21. The van der Waals surface area contributed by atoms with Gasteiger partial charge in [0, 0.05) is 37.7 Å². The molecule has 0 N–H and O–H groups in total. The molecule has 7 nitrogen and oxygen atoms in total. The minimum Gasteiger partial charge on any atom is -0.478 e. The van der Waals surface area contributed by atoms with E-state index in [0.29, 0.717) is 30.9 Å². The number of aryl methyl sites for hydroxylation is 1. The summed E-state index contributed by atoms with van der Waals surface area (Å²) in [5.41, 5.74) is -0.489. The number of nitrogens with zero attached hydrogens (tertiary/aromatic N) is 5. The molecular weight excluding hydrogens is 509 g/mol. The highest BCUT2D eigenvalue weighted by atomic mass is 35.5. The van der Waals surface area contributed by atoms with Crippen LogP contribution in [0.1, 0.15) is 42.2 Å². The van der Waals surface area contributed by atoms with Gasteiger partial charge in [0.05, 0.1) is 22.7 Å². The largest absolute Gasteiger partial charge is 0.478 e. The summed E-state index contributed by atoms with van der Waals surface area (Å²) in [6.45, 7) is -1.30. The van der Waals surface area contributed by atoms with Gasteiger partial charge in [-0.15, -0.1) is 0 Å². The Balaban J connectivity index is 1.70. The molecule has 0 amide bonds. The van der Waals surface area contributed by atoms with Gasteiger partial charge in [-0.25, -0.2) is 9.36 Å². The van der Waals surface area contributed by atoms with Crippen LogP contribution in [-0.4, -0.2) is 38.1 Å². The number of nitriles is 1. The number of aromatic nitrogens is 4. The molecule has 2 aromatic heterocycles. The minimum atomic E-state index is -4.76. The maximum atomic E-state index is 14.1. The van der Waals surface area contributed by atoms with Crippen LogP contribution in [-0.2, 0) is 13.0 Å². The van der Waals surface area contributed by atoms with Crippen molar-refractivity contribution in [3.05, 3.63) is 46.9 Å². The molecule has 1 fully saturated rings. The maximum absolute atomic E-state index is 14.1. The average Bonchev–Trinajstić information content (AvgIpc) is 3.22. The second-order valence-electron chi connectivity index (χ2n) is 8.78. The van der Waals surface area contributed by atoms with Gasteiger partial charge in [-0.2, -0.15) is 37.4 Å². The van der Waals surface area contributed by atoms with Crippen LogP contribution in [0, 0.1) is 16.7 Å². The number of carbonyl (C=O) groups is 1. The fraction of sp³-hybridized carbons (Fsp3) is 0.391. The van der Waals surface area contributed by atoms with Gasteiger partial charge in [0.25, 0.3) is 5.92 Å². The normalized spacial score (nSPS) is 15.0. The summed E-state index contributed by atoms with van der Waals surface area (Å²) in [6.07, 6.45) is -0.721. The van der Waals surface area contributed by atoms with Crippen molar-refractivity contribution in [1.29, 1.82) is 5.26 Å². The van der Waals surface area contributed by atoms with Gasteiger partial charge >= 0.3 is 6.18 Å². The van der Waals surface area contributed by atoms with Gasteiger partial charge in [-0.05, 0) is 30.5 Å². The van der Waals surface area contributed by atoms with Crippen molar-refractivity contribution in [1.82, 2.24) is 19.6 Å². The molecule has 0 aliphatic heterocycles. The third-order valence-corrected chi connectivity index (χ3v) is 6.09. The molecule has 0 radical (unpaired) electrons. The van der Waals surface area contributed by atoms with E-state index >= 15 is 0 Å². The molecule has 0 unspecified atom stereocenters. The third-order valence-electron chi connectivity index (χ3n) is 5.76. The van der Waals surface area contributed by atoms with E-state index in [9.17, 15) is 32.0 Å². The van der Waals surface area contributed by atoms with Crippen molar-refractivity contribution >= 4 is 17.4 Å². The average molecular weight is 528 g/mol. The molecule has 3 aromatic rings. The van der Waals surface area contributed by atoms with Gasteiger partial charge in [0.1, 0.15) is 0 Å². The van der Waals surface area contributed by atoms with Crippen molar-refractivity contribution in [3.8, 4) is 28.8 Å². The molecule has 1 aliphatic rings. The summed E-state index contributed by atoms with van der Waals surface area (Å²) in [6, 6.07) is 6.79. The van der Waals surface area contributed by atoms with Crippen molar-refractivity contribution in [2.24, 2.45) is 12.5 Å². The van der Waals surface area contributed by atoms with Crippen LogP contribution in [0.25, 0.3) is 16.9 Å². The number of Topliss-reactive ketones (excluding diaryl/α,β-unsaturated/α-hetero) is 1. The first-order chi connectivity index (χ1) is 16.7. The summed E-state index contributed by atoms with van der Waals surface area (Å²) in [5, 5.41) is 17.2. The fourth-order valence-corrected chi connectivity index (χ4v) is 3.93. The lowest BCUT2D eigenvalue weighted by Crippen LogP contribution is -2.21. The number of halogens is 6. The number of benzene rings is 1. The number of carbonyl (C=O) groups excluding carboxylic acids is 1. The summed E-state index contributed by atoms with van der Waals surface area (Å²) in [4.78, 5) is 12.8. The van der Waals surface area contributed by atoms with Crippen LogP contribution in [0.2, 0.25) is 5.02 Å². The predicted octanol–water partition coefficient (Wildman–Crippen LogP) is 5.86. The standard InChI is InChI=1S/C23H19ClF5N5O2/c1-21(25,26)19-18(36-12-23(27,28)29)20(33(2)32-19)34-10-14(9-31-34)13-3-4-16(24)15(7-13)17(35)8-22(11-30)5-6-22/h3-4,7,9-10H,5-6,8,12H2,1-2H3. The SMILES string of the molecule is Cn1nc(C(C)(F)F)c(OCC(F)(F)F)c1-n1cc(-c2ccc(Cl)c(C(=O)CC3(C#N)CC3)c2)cn1. The molecule has 0 bridgehead atoms. The molecule has 1 aromatic carbocycles. The Morgan fingerprint density at radius 3 is 2.53 bits per heavy atom. The van der Waals surface area contributed by atoms with Crippen LogP contribution >= 0.6 is 11.6 Å². The second-order valence-corrected chi connectivity index (χ2v) is 9.18. The van der Waals surface area contributed by atoms with E-state index in [4.69, 9.17) is 16.3 Å². The summed E-state index contributed by atoms with van der Waals surface area (Å²) >= 11 is 6.22. The van der Waals surface area contributed by atoms with Crippen LogP contribution < -0.4 is 4.74 Å². The Hall–Kier alpha value is -3.46. The lowest BCUT2D eigenvalue weighted by Gasteiger charge is -2.13. The van der Waals surface area contributed by atoms with E-state index < -0.39 is 35.6 Å². The van der Waals surface area contributed by atoms with Gasteiger partial charge in [0.2, 0.25) is 0 Å². The van der Waals surface area contributed by atoms with E-state index in [-0.39, 0.29) is 28.6 Å². The Kier molecular flexibility index (Phi) is 6.33. The number of ketones is 1. The Morgan fingerprint density at radius 2 is 1.94 bits per heavy atom. The van der Waals surface area contributed by atoms with Crippen molar-refractivity contribution in [2.45, 2.75) is 38.3 Å². The van der Waals surface area contributed by atoms with E-state index in [0.717, 1.165) is 9.36 Å². The van der Waals surface area contributed by atoms with Crippen molar-refractivity contribution in [2.75, 3.05) is 6.61 Å². The van der Waals surface area contributed by atoms with E-state index in [1.165, 1.54) is 31.6 Å². The molecule has 190 valence electrons. The number of hydrogen-bond donors (Lipinski definition) is 0. The first kappa shape index (κ1) is 25.6. The Labute approximate surface area is 207 Å². The highest BCUT2D eigenvalue weighted by Gasteiger charge is 2.45. The lowest BCUT2D eigenvalue weighted by molar-refractivity contribution is -0.154. The maximum Gasteiger partial charge on any atom is 0.422 e. The summed E-state index contributed by atoms with van der Waals surface area (Å²) in [7, 11) is 1.27. The predicted molar refractivity (Wildman–Crippen MR) is 118 cm³/mol. The monoisotopic (exact) mass is 527 g/mol. The molecule has 0 spiro atoms. The van der Waals surface area contributed by atoms with Gasteiger partial charge < -0.3 is 4.74 Å². The quantitative estimate of drug-likeness (QED) is 0.271. The smallest absolute Gasteiger partial charge is 0.422 e. The number of ether oxygens (including phenoxy) is 1. The van der Waals surface area contributed by atoms with Crippen LogP contribution in [0.5, 0.6) is 5.75 Å². The molecule has 4 rings (SSSR count). The molecule has 0 saturated heterocycles. The van der Waals surface area contributed by atoms with Gasteiger partial charge in [0.15, 0.2) is 29.7 Å². The van der Waals surface area contributed by atoms with E-state index in [1.807, 2.05) is 0 Å². The zero-order valence-corrected chi connectivity index (χ0v) is 19.8. The van der Waals surface area contributed by atoms with Crippen molar-refractivity contribution in [3.63, 3.8) is 0 Å². The minimum absolute atomic E-state index is 0.0366. The van der Waals surface area contributed by atoms with Crippen LogP contribution in [0.4, 0.5) is 22.0 Å². The Morgan fingerprint density at radius 1 is 1.25 bits per heavy atom. The summed E-state index contributed by atoms with van der Waals surface area (Å²) < 4.78 is 73.3. The first-order valence-electron chi connectivity index (χ1n) is 10.7. The molecule has 0 atom stereocenters. The number of alkyl halides is 5.